The van der Waals surface area contributed by atoms with E-state index < -0.39 is 0 Å². The molecule has 0 amide bonds. The molecule has 48 valence electrons. The van der Waals surface area contributed by atoms with E-state index in [4.69, 9.17) is 10.8 Å². The number of nitrogens with two attached hydrogens (primary N) is 1. The predicted octanol–water partition coefficient (Wildman–Crippen LogP) is 1.39. The lowest BCUT2D eigenvalue weighted by molar-refractivity contribution is 0.452. The predicted molar refractivity (Wildman–Crippen MR) is 34.4 cm³/mol. The van der Waals surface area contributed by atoms with Crippen LogP contribution in [0.5, 0.6) is 0 Å². The Balaban J connectivity index is 3.63. The molecule has 0 aromatic heterocycles. The topological polar surface area (TPSA) is 46.2 Å². The monoisotopic (exact) mass is 115 g/mol. The Morgan fingerprint density at radius 2 is 2.38 bits per heavy atom. The van der Waals surface area contributed by atoms with Crippen molar-refractivity contribution in [2.45, 2.75) is 20.3 Å². The first-order chi connectivity index (χ1) is 3.72. The Hall–Kier alpha value is -0.660. The molecular formula is C6H13NO. The zero-order chi connectivity index (χ0) is 6.57. The zero-order valence-electron chi connectivity index (χ0n) is 5.39. The van der Waals surface area contributed by atoms with Gasteiger partial charge < -0.3 is 10.8 Å². The molecule has 1 atom stereocenters. The molecule has 0 aliphatic heterocycles. The molecule has 0 aliphatic rings. The molecule has 0 aromatic carbocycles. The van der Waals surface area contributed by atoms with Crippen LogP contribution in [0.25, 0.3) is 0 Å². The van der Waals surface area contributed by atoms with Gasteiger partial charge in [0.25, 0.3) is 0 Å². The fourth-order valence-electron chi connectivity index (χ4n) is 0.363. The maximum Gasteiger partial charge on any atom is 0.0981 e. The van der Waals surface area contributed by atoms with Crippen molar-refractivity contribution in [3.05, 3.63) is 12.0 Å². The quantitative estimate of drug-likeness (QED) is 0.534. The van der Waals surface area contributed by atoms with Gasteiger partial charge >= 0.3 is 0 Å². The van der Waals surface area contributed by atoms with Crippen LogP contribution in [0.4, 0.5) is 0 Å². The molecule has 0 spiro atoms. The van der Waals surface area contributed by atoms with Crippen LogP contribution < -0.4 is 5.73 Å². The molecule has 0 bridgehead atoms. The lowest BCUT2D eigenvalue weighted by Crippen LogP contribution is -2.06. The third-order valence-electron chi connectivity index (χ3n) is 1.33. The second kappa shape index (κ2) is 3.36. The largest absolute Gasteiger partial charge is 0.514 e. The Morgan fingerprint density at radius 1 is 1.88 bits per heavy atom. The van der Waals surface area contributed by atoms with Crippen LogP contribution in [-0.2, 0) is 0 Å². The summed E-state index contributed by atoms with van der Waals surface area (Å²) in [5.74, 6) is 0.306. The van der Waals surface area contributed by atoms with E-state index in [0.29, 0.717) is 11.6 Å². The lowest BCUT2D eigenvalue weighted by Gasteiger charge is -2.04. The van der Waals surface area contributed by atoms with Crippen LogP contribution in [0.3, 0.4) is 0 Å². The molecule has 0 aliphatic carbocycles. The fraction of sp³-hybridized carbons (Fsp3) is 0.667. The number of allylic oxidation sites excluding steroid dienone is 1. The summed E-state index contributed by atoms with van der Waals surface area (Å²) >= 11 is 0. The zero-order valence-corrected chi connectivity index (χ0v) is 5.39. The van der Waals surface area contributed by atoms with Crippen molar-refractivity contribution < 1.29 is 5.11 Å². The first kappa shape index (κ1) is 7.34. The van der Waals surface area contributed by atoms with Crippen LogP contribution in [0.1, 0.15) is 20.3 Å². The smallest absolute Gasteiger partial charge is 0.0981 e. The van der Waals surface area contributed by atoms with Crippen molar-refractivity contribution in [1.82, 2.24) is 0 Å². The molecule has 0 saturated heterocycles. The maximum absolute atomic E-state index is 8.35. The van der Waals surface area contributed by atoms with Gasteiger partial charge in [-0.2, -0.15) is 0 Å². The molecule has 2 heteroatoms. The second-order valence-corrected chi connectivity index (χ2v) is 1.94. The molecule has 0 aromatic rings. The SMILES string of the molecule is CCC(C)/C(N)=C/O. The van der Waals surface area contributed by atoms with Gasteiger partial charge in [0, 0.05) is 5.70 Å². The first-order valence-electron chi connectivity index (χ1n) is 2.82. The highest BCUT2D eigenvalue weighted by molar-refractivity contribution is 4.94. The molecule has 1 unspecified atom stereocenters. The van der Waals surface area contributed by atoms with Crippen LogP contribution in [-0.4, -0.2) is 5.11 Å². The average molecular weight is 115 g/mol. The second-order valence-electron chi connectivity index (χ2n) is 1.94. The molecular weight excluding hydrogens is 102 g/mol. The van der Waals surface area contributed by atoms with E-state index in [-0.39, 0.29) is 0 Å². The van der Waals surface area contributed by atoms with Crippen LogP contribution in [0.2, 0.25) is 0 Å². The van der Waals surface area contributed by atoms with Gasteiger partial charge in [0.2, 0.25) is 0 Å². The van der Waals surface area contributed by atoms with Gasteiger partial charge in [-0.25, -0.2) is 0 Å². The minimum Gasteiger partial charge on any atom is -0.514 e. The summed E-state index contributed by atoms with van der Waals surface area (Å²) in [6.45, 7) is 4.00. The Labute approximate surface area is 50.0 Å². The molecule has 2 nitrogen and oxygen atoms in total. The van der Waals surface area contributed by atoms with Crippen molar-refractivity contribution in [3.63, 3.8) is 0 Å². The van der Waals surface area contributed by atoms with Gasteiger partial charge in [0.15, 0.2) is 0 Å². The average Bonchev–Trinajstić information content (AvgIpc) is 1.84. The molecule has 0 heterocycles. The highest BCUT2D eigenvalue weighted by Crippen LogP contribution is 2.06. The Morgan fingerprint density at radius 3 is 2.50 bits per heavy atom. The van der Waals surface area contributed by atoms with E-state index >= 15 is 0 Å². The van der Waals surface area contributed by atoms with Crippen LogP contribution >= 0.6 is 0 Å². The molecule has 0 radical (unpaired) electrons. The van der Waals surface area contributed by atoms with E-state index in [1.165, 1.54) is 0 Å². The molecule has 8 heavy (non-hydrogen) atoms. The van der Waals surface area contributed by atoms with Gasteiger partial charge in [-0.05, 0) is 12.3 Å². The van der Waals surface area contributed by atoms with E-state index in [1.807, 2.05) is 13.8 Å². The summed E-state index contributed by atoms with van der Waals surface area (Å²) in [6, 6.07) is 0. The van der Waals surface area contributed by atoms with Crippen LogP contribution in [0, 0.1) is 5.92 Å². The third kappa shape index (κ3) is 1.87. The summed E-state index contributed by atoms with van der Waals surface area (Å²) in [5, 5.41) is 8.35. The standard InChI is InChI=1S/C6H13NO/c1-3-5(2)6(7)4-8/h4-5,8H,3,7H2,1-2H3/b6-4-. The number of hydrogen-bond donors (Lipinski definition) is 2. The minimum atomic E-state index is 0.306. The van der Waals surface area contributed by atoms with Gasteiger partial charge in [-0.15, -0.1) is 0 Å². The maximum atomic E-state index is 8.35. The molecule has 0 fully saturated rings. The summed E-state index contributed by atoms with van der Waals surface area (Å²) in [4.78, 5) is 0. The van der Waals surface area contributed by atoms with Crippen molar-refractivity contribution in [2.75, 3.05) is 0 Å². The summed E-state index contributed by atoms with van der Waals surface area (Å²) < 4.78 is 0. The van der Waals surface area contributed by atoms with Crippen molar-refractivity contribution >= 4 is 0 Å². The van der Waals surface area contributed by atoms with E-state index in [2.05, 4.69) is 0 Å². The Bertz CT molecular complexity index is 88.5. The first-order valence-corrected chi connectivity index (χ1v) is 2.82. The van der Waals surface area contributed by atoms with E-state index in [9.17, 15) is 0 Å². The van der Waals surface area contributed by atoms with Crippen LogP contribution in [0.15, 0.2) is 12.0 Å². The minimum absolute atomic E-state index is 0.306. The summed E-state index contributed by atoms with van der Waals surface area (Å²) in [7, 11) is 0. The normalized spacial score (nSPS) is 16.0. The number of hydrogen-bond acceptors (Lipinski definition) is 2. The number of aliphatic hydroxyl groups excluding tert-OH is 1. The lowest BCUT2D eigenvalue weighted by atomic mass is 10.1. The number of rotatable bonds is 2. The van der Waals surface area contributed by atoms with Crippen molar-refractivity contribution in [3.8, 4) is 0 Å². The third-order valence-corrected chi connectivity index (χ3v) is 1.33. The van der Waals surface area contributed by atoms with Gasteiger partial charge in [0.05, 0.1) is 6.26 Å². The molecule has 0 rings (SSSR count). The van der Waals surface area contributed by atoms with Crippen molar-refractivity contribution in [1.29, 1.82) is 0 Å². The van der Waals surface area contributed by atoms with Gasteiger partial charge in [-0.3, -0.25) is 0 Å². The van der Waals surface area contributed by atoms with Gasteiger partial charge in [-0.1, -0.05) is 13.8 Å². The fourth-order valence-corrected chi connectivity index (χ4v) is 0.363. The molecule has 0 saturated carbocycles. The van der Waals surface area contributed by atoms with E-state index in [1.54, 1.807) is 0 Å². The van der Waals surface area contributed by atoms with Crippen molar-refractivity contribution in [2.24, 2.45) is 11.7 Å². The highest BCUT2D eigenvalue weighted by Gasteiger charge is 1.99. The summed E-state index contributed by atoms with van der Waals surface area (Å²) in [6.07, 6.45) is 1.94. The van der Waals surface area contributed by atoms with Gasteiger partial charge in [0.1, 0.15) is 0 Å². The Kier molecular flexibility index (Phi) is 3.08. The van der Waals surface area contributed by atoms with E-state index in [0.717, 1.165) is 12.7 Å². The number of aliphatic hydroxyl groups is 1. The summed E-state index contributed by atoms with van der Waals surface area (Å²) in [5.41, 5.74) is 5.90. The highest BCUT2D eigenvalue weighted by atomic mass is 16.2. The molecule has 3 N–H and O–H groups in total.